The molecule has 0 radical (unpaired) electrons. The molecule has 0 amide bonds. The maximum Gasteiger partial charge on any atom is 0.145 e. The van der Waals surface area contributed by atoms with Crippen LogP contribution in [0, 0.1) is 0 Å². The largest absolute Gasteiger partial charge is 0.362 e. The number of para-hydroxylation sites is 2. The number of rotatable bonds is 4. The molecule has 1 unspecified atom stereocenters. The van der Waals surface area contributed by atoms with Crippen LogP contribution < -0.4 is 5.32 Å². The lowest BCUT2D eigenvalue weighted by Gasteiger charge is -2.15. The molecule has 0 aliphatic carbocycles. The average Bonchev–Trinajstić information content (AvgIpc) is 3.16. The number of aromatic nitrogens is 5. The first kappa shape index (κ1) is 14.3. The molecule has 6 nitrogen and oxygen atoms in total. The second kappa shape index (κ2) is 6.08. The first-order chi connectivity index (χ1) is 11.8. The van der Waals surface area contributed by atoms with Gasteiger partial charge in [0.05, 0.1) is 22.9 Å². The second-order valence-corrected chi connectivity index (χ2v) is 5.54. The Balaban J connectivity index is 1.53. The third-order valence-corrected chi connectivity index (χ3v) is 3.89. The fraction of sp³-hybridized carbons (Fsp3) is 0.111. The van der Waals surface area contributed by atoms with Crippen molar-refractivity contribution in [2.24, 2.45) is 0 Å². The molecule has 0 aliphatic rings. The summed E-state index contributed by atoms with van der Waals surface area (Å²) in [6.07, 6.45) is 4.97. The fourth-order valence-electron chi connectivity index (χ4n) is 2.59. The smallest absolute Gasteiger partial charge is 0.145 e. The fourth-order valence-corrected chi connectivity index (χ4v) is 2.59. The van der Waals surface area contributed by atoms with E-state index in [9.17, 15) is 0 Å². The van der Waals surface area contributed by atoms with Gasteiger partial charge in [-0.3, -0.25) is 4.98 Å². The van der Waals surface area contributed by atoms with Gasteiger partial charge in [-0.25, -0.2) is 14.6 Å². The van der Waals surface area contributed by atoms with Gasteiger partial charge in [0.1, 0.15) is 18.5 Å². The van der Waals surface area contributed by atoms with Crippen molar-refractivity contribution in [3.8, 4) is 5.69 Å². The molecular formula is C18H16N6. The van der Waals surface area contributed by atoms with E-state index in [-0.39, 0.29) is 6.04 Å². The Labute approximate surface area is 139 Å². The summed E-state index contributed by atoms with van der Waals surface area (Å²) in [6, 6.07) is 16.2. The van der Waals surface area contributed by atoms with Crippen LogP contribution in [0.15, 0.2) is 67.4 Å². The van der Waals surface area contributed by atoms with Crippen LogP contribution in [0.25, 0.3) is 16.7 Å². The van der Waals surface area contributed by atoms with E-state index in [2.05, 4.69) is 44.4 Å². The molecule has 24 heavy (non-hydrogen) atoms. The Morgan fingerprint density at radius 3 is 2.54 bits per heavy atom. The molecule has 1 atom stereocenters. The van der Waals surface area contributed by atoms with Crippen molar-refractivity contribution in [1.82, 2.24) is 24.7 Å². The highest BCUT2D eigenvalue weighted by Gasteiger charge is 2.08. The third kappa shape index (κ3) is 2.81. The Morgan fingerprint density at radius 2 is 1.79 bits per heavy atom. The lowest BCUT2D eigenvalue weighted by molar-refractivity contribution is 0.858. The SMILES string of the molecule is CC(Nc1cnc2ccccc2n1)c1ccc(-n2cncn2)cc1. The summed E-state index contributed by atoms with van der Waals surface area (Å²) in [5.41, 5.74) is 3.92. The normalized spacial score (nSPS) is 12.2. The monoisotopic (exact) mass is 316 g/mol. The third-order valence-electron chi connectivity index (χ3n) is 3.89. The topological polar surface area (TPSA) is 68.5 Å². The molecule has 6 heteroatoms. The van der Waals surface area contributed by atoms with Gasteiger partial charge in [0.15, 0.2) is 0 Å². The molecule has 0 fully saturated rings. The van der Waals surface area contributed by atoms with E-state index in [1.165, 1.54) is 6.33 Å². The number of hydrogen-bond acceptors (Lipinski definition) is 5. The van der Waals surface area contributed by atoms with Gasteiger partial charge < -0.3 is 5.32 Å². The summed E-state index contributed by atoms with van der Waals surface area (Å²) in [6.45, 7) is 2.10. The minimum absolute atomic E-state index is 0.116. The molecule has 0 saturated carbocycles. The van der Waals surface area contributed by atoms with Crippen molar-refractivity contribution in [3.05, 3.63) is 72.9 Å². The van der Waals surface area contributed by atoms with Crippen LogP contribution in [0.4, 0.5) is 5.82 Å². The summed E-state index contributed by atoms with van der Waals surface area (Å²) in [5.74, 6) is 0.765. The van der Waals surface area contributed by atoms with E-state index in [1.54, 1.807) is 17.2 Å². The molecule has 4 aromatic rings. The van der Waals surface area contributed by atoms with Crippen molar-refractivity contribution in [3.63, 3.8) is 0 Å². The highest BCUT2D eigenvalue weighted by molar-refractivity contribution is 5.75. The standard InChI is InChI=1S/C18H16N6/c1-13(14-6-8-15(9-7-14)24-12-19-11-21-24)22-18-10-20-16-4-2-3-5-17(16)23-18/h2-13H,1H3,(H,22,23). The molecule has 0 saturated heterocycles. The highest BCUT2D eigenvalue weighted by atomic mass is 15.3. The summed E-state index contributed by atoms with van der Waals surface area (Å²) in [7, 11) is 0. The lowest BCUT2D eigenvalue weighted by Crippen LogP contribution is -2.08. The first-order valence-electron chi connectivity index (χ1n) is 7.73. The molecule has 0 aliphatic heterocycles. The Morgan fingerprint density at radius 1 is 1.00 bits per heavy atom. The van der Waals surface area contributed by atoms with Gasteiger partial charge in [0, 0.05) is 6.04 Å². The van der Waals surface area contributed by atoms with Gasteiger partial charge in [0.2, 0.25) is 0 Å². The Kier molecular flexibility index (Phi) is 3.63. The predicted octanol–water partition coefficient (Wildman–Crippen LogP) is 3.38. The molecule has 1 N–H and O–H groups in total. The van der Waals surface area contributed by atoms with Crippen LogP contribution in [0.5, 0.6) is 0 Å². The Bertz CT molecular complexity index is 947. The highest BCUT2D eigenvalue weighted by Crippen LogP contribution is 2.20. The number of fused-ring (bicyclic) bond motifs is 1. The van der Waals surface area contributed by atoms with Gasteiger partial charge in [-0.15, -0.1) is 0 Å². The van der Waals surface area contributed by atoms with Gasteiger partial charge in [0.25, 0.3) is 0 Å². The van der Waals surface area contributed by atoms with Crippen LogP contribution >= 0.6 is 0 Å². The van der Waals surface area contributed by atoms with Crippen molar-refractivity contribution >= 4 is 16.9 Å². The quantitative estimate of drug-likeness (QED) is 0.625. The summed E-state index contributed by atoms with van der Waals surface area (Å²) < 4.78 is 1.73. The second-order valence-electron chi connectivity index (χ2n) is 5.54. The zero-order chi connectivity index (χ0) is 16.4. The van der Waals surface area contributed by atoms with Gasteiger partial charge >= 0.3 is 0 Å². The molecule has 4 rings (SSSR count). The van der Waals surface area contributed by atoms with Crippen molar-refractivity contribution < 1.29 is 0 Å². The first-order valence-corrected chi connectivity index (χ1v) is 7.73. The minimum Gasteiger partial charge on any atom is -0.362 e. The summed E-state index contributed by atoms with van der Waals surface area (Å²) in [5, 5.41) is 7.53. The maximum atomic E-state index is 4.60. The van der Waals surface area contributed by atoms with Crippen molar-refractivity contribution in [1.29, 1.82) is 0 Å². The van der Waals surface area contributed by atoms with Crippen LogP contribution in [-0.4, -0.2) is 24.7 Å². The summed E-state index contributed by atoms with van der Waals surface area (Å²) >= 11 is 0. The maximum absolute atomic E-state index is 4.60. The minimum atomic E-state index is 0.116. The van der Waals surface area contributed by atoms with Crippen molar-refractivity contribution in [2.75, 3.05) is 5.32 Å². The van der Waals surface area contributed by atoms with Crippen LogP contribution in [0.2, 0.25) is 0 Å². The molecule has 0 bridgehead atoms. The van der Waals surface area contributed by atoms with Gasteiger partial charge in [-0.05, 0) is 36.8 Å². The van der Waals surface area contributed by atoms with E-state index >= 15 is 0 Å². The molecule has 2 aromatic heterocycles. The molecule has 2 aromatic carbocycles. The average molecular weight is 316 g/mol. The zero-order valence-corrected chi connectivity index (χ0v) is 13.2. The number of benzene rings is 2. The lowest BCUT2D eigenvalue weighted by atomic mass is 10.1. The van der Waals surface area contributed by atoms with Crippen LogP contribution in [0.3, 0.4) is 0 Å². The summed E-state index contributed by atoms with van der Waals surface area (Å²) in [4.78, 5) is 13.0. The van der Waals surface area contributed by atoms with E-state index < -0.39 is 0 Å². The number of hydrogen-bond donors (Lipinski definition) is 1. The van der Waals surface area contributed by atoms with E-state index in [0.29, 0.717) is 0 Å². The van der Waals surface area contributed by atoms with E-state index in [1.807, 2.05) is 36.4 Å². The van der Waals surface area contributed by atoms with E-state index in [4.69, 9.17) is 0 Å². The van der Waals surface area contributed by atoms with Crippen molar-refractivity contribution in [2.45, 2.75) is 13.0 Å². The molecule has 118 valence electrons. The Hall–Kier alpha value is -3.28. The molecular weight excluding hydrogens is 300 g/mol. The molecule has 2 heterocycles. The van der Waals surface area contributed by atoms with Gasteiger partial charge in [-0.1, -0.05) is 24.3 Å². The van der Waals surface area contributed by atoms with Gasteiger partial charge in [-0.2, -0.15) is 5.10 Å². The molecule has 0 spiro atoms. The van der Waals surface area contributed by atoms with Crippen LogP contribution in [-0.2, 0) is 0 Å². The van der Waals surface area contributed by atoms with Crippen LogP contribution in [0.1, 0.15) is 18.5 Å². The predicted molar refractivity (Wildman–Crippen MR) is 92.9 cm³/mol. The zero-order valence-electron chi connectivity index (χ0n) is 13.2. The number of nitrogens with one attached hydrogen (secondary N) is 1. The number of nitrogens with zero attached hydrogens (tertiary/aromatic N) is 5. The number of anilines is 1. The van der Waals surface area contributed by atoms with E-state index in [0.717, 1.165) is 28.1 Å².